The second-order valence-electron chi connectivity index (χ2n) is 8.73. The lowest BCUT2D eigenvalue weighted by molar-refractivity contribution is -0.134. The molecule has 1 N–H and O–H groups in total. The van der Waals surface area contributed by atoms with Gasteiger partial charge >= 0.3 is 0 Å². The van der Waals surface area contributed by atoms with E-state index in [4.69, 9.17) is 4.84 Å². The molecule has 1 aromatic heterocycles. The fraction of sp³-hybridized carbons (Fsp3) is 0.333. The van der Waals surface area contributed by atoms with Gasteiger partial charge in [0.2, 0.25) is 0 Å². The highest BCUT2D eigenvalue weighted by atomic mass is 16.7. The summed E-state index contributed by atoms with van der Waals surface area (Å²) in [5.74, 6) is 0.446. The summed E-state index contributed by atoms with van der Waals surface area (Å²) in [6.07, 6.45) is 0.664. The largest absolute Gasteiger partial charge is 0.273 e. The van der Waals surface area contributed by atoms with Gasteiger partial charge < -0.3 is 0 Å². The van der Waals surface area contributed by atoms with Crippen molar-refractivity contribution < 1.29 is 4.84 Å². The van der Waals surface area contributed by atoms with E-state index in [1.54, 1.807) is 0 Å². The molecule has 0 saturated heterocycles. The molecule has 0 saturated carbocycles. The van der Waals surface area contributed by atoms with Crippen LogP contribution in [-0.4, -0.2) is 15.0 Å². The maximum atomic E-state index is 6.56. The van der Waals surface area contributed by atoms with Crippen LogP contribution in [0.15, 0.2) is 84.9 Å². The summed E-state index contributed by atoms with van der Waals surface area (Å²) in [6.45, 7) is 8.76. The highest BCUT2D eigenvalue weighted by Gasteiger charge is 2.40. The molecule has 0 fully saturated rings. The van der Waals surface area contributed by atoms with E-state index in [9.17, 15) is 0 Å². The van der Waals surface area contributed by atoms with Crippen LogP contribution in [0.5, 0.6) is 0 Å². The van der Waals surface area contributed by atoms with E-state index in [2.05, 4.69) is 104 Å². The molecule has 0 aliphatic carbocycles. The van der Waals surface area contributed by atoms with Gasteiger partial charge in [0, 0.05) is 5.92 Å². The molecule has 166 valence electrons. The average molecular weight is 429 g/mol. The molecule has 5 nitrogen and oxygen atoms in total. The Morgan fingerprint density at radius 2 is 1.41 bits per heavy atom. The summed E-state index contributed by atoms with van der Waals surface area (Å²) in [7, 11) is 0. The molecule has 0 aliphatic heterocycles. The SMILES string of the molecule is CCC(C)C(NOC(C(C)C)n1nnc2ccccc21)(c1ccccc1)c1ccccc1. The third kappa shape index (κ3) is 4.06. The molecule has 4 rings (SSSR count). The summed E-state index contributed by atoms with van der Waals surface area (Å²) in [5, 5.41) is 8.77. The number of hydrogen-bond donors (Lipinski definition) is 1. The average Bonchev–Trinajstić information content (AvgIpc) is 3.26. The van der Waals surface area contributed by atoms with Crippen molar-refractivity contribution in [1.29, 1.82) is 0 Å². The van der Waals surface area contributed by atoms with Crippen molar-refractivity contribution in [3.63, 3.8) is 0 Å². The zero-order valence-electron chi connectivity index (χ0n) is 19.3. The van der Waals surface area contributed by atoms with Crippen molar-refractivity contribution in [2.45, 2.75) is 45.9 Å². The maximum Gasteiger partial charge on any atom is 0.175 e. The number of fused-ring (bicyclic) bond motifs is 1. The van der Waals surface area contributed by atoms with Crippen LogP contribution in [0.25, 0.3) is 11.0 Å². The normalized spacial score (nSPS) is 14.0. The monoisotopic (exact) mass is 428 g/mol. The summed E-state index contributed by atoms with van der Waals surface area (Å²) >= 11 is 0. The Bertz CT molecular complexity index is 1080. The van der Waals surface area contributed by atoms with Crippen LogP contribution < -0.4 is 5.48 Å². The van der Waals surface area contributed by atoms with E-state index >= 15 is 0 Å². The molecule has 0 amide bonds. The van der Waals surface area contributed by atoms with Crippen LogP contribution in [0.4, 0.5) is 0 Å². The zero-order valence-corrected chi connectivity index (χ0v) is 19.3. The first kappa shape index (κ1) is 22.2. The van der Waals surface area contributed by atoms with Crippen molar-refractivity contribution in [3.8, 4) is 0 Å². The van der Waals surface area contributed by atoms with Crippen LogP contribution in [0, 0.1) is 11.8 Å². The Kier molecular flexibility index (Phi) is 6.68. The van der Waals surface area contributed by atoms with E-state index in [1.165, 1.54) is 11.1 Å². The third-order valence-corrected chi connectivity index (χ3v) is 6.34. The van der Waals surface area contributed by atoms with Crippen LogP contribution in [-0.2, 0) is 10.4 Å². The second-order valence-corrected chi connectivity index (χ2v) is 8.73. The van der Waals surface area contributed by atoms with E-state index in [0.717, 1.165) is 17.5 Å². The number of nitrogens with one attached hydrogen (secondary N) is 1. The predicted molar refractivity (Wildman–Crippen MR) is 129 cm³/mol. The number of rotatable bonds is 9. The smallest absolute Gasteiger partial charge is 0.175 e. The first-order valence-corrected chi connectivity index (χ1v) is 11.4. The third-order valence-electron chi connectivity index (χ3n) is 6.34. The minimum atomic E-state index is -0.513. The van der Waals surface area contributed by atoms with Gasteiger partial charge in [-0.3, -0.25) is 4.84 Å². The van der Waals surface area contributed by atoms with Gasteiger partial charge in [-0.05, 0) is 29.2 Å². The first-order chi connectivity index (χ1) is 15.6. The van der Waals surface area contributed by atoms with E-state index in [0.29, 0.717) is 0 Å². The summed E-state index contributed by atoms with van der Waals surface area (Å²) in [4.78, 5) is 6.56. The summed E-state index contributed by atoms with van der Waals surface area (Å²) in [5.41, 5.74) is 7.22. The van der Waals surface area contributed by atoms with Crippen molar-refractivity contribution in [2.75, 3.05) is 0 Å². The minimum Gasteiger partial charge on any atom is -0.273 e. The zero-order chi connectivity index (χ0) is 22.6. The fourth-order valence-electron chi connectivity index (χ4n) is 4.36. The molecule has 2 atom stereocenters. The van der Waals surface area contributed by atoms with E-state index in [-0.39, 0.29) is 18.1 Å². The molecule has 1 heterocycles. The molecule has 5 heteroatoms. The number of hydrogen-bond acceptors (Lipinski definition) is 4. The Morgan fingerprint density at radius 3 is 1.97 bits per heavy atom. The van der Waals surface area contributed by atoms with Crippen LogP contribution in [0.1, 0.15) is 51.5 Å². The lowest BCUT2D eigenvalue weighted by Crippen LogP contribution is -2.49. The highest BCUT2D eigenvalue weighted by molar-refractivity contribution is 5.73. The molecule has 0 spiro atoms. The van der Waals surface area contributed by atoms with E-state index < -0.39 is 5.54 Å². The standard InChI is InChI=1S/C27H32N4O/c1-5-21(4)27(22-14-8-6-9-15-22,23-16-10-7-11-17-23)29-32-26(20(2)3)31-25-19-13-12-18-24(25)28-30-31/h6-21,26,29H,5H2,1-4H3. The Labute approximate surface area is 190 Å². The van der Waals surface area contributed by atoms with Gasteiger partial charge in [-0.15, -0.1) is 5.10 Å². The van der Waals surface area contributed by atoms with Gasteiger partial charge in [-0.1, -0.05) is 112 Å². The fourth-order valence-corrected chi connectivity index (χ4v) is 4.36. The number of benzene rings is 3. The molecular weight excluding hydrogens is 396 g/mol. The molecule has 3 aromatic carbocycles. The number of aromatic nitrogens is 3. The quantitative estimate of drug-likeness (QED) is 0.327. The van der Waals surface area contributed by atoms with Gasteiger partial charge in [0.15, 0.2) is 6.23 Å². The topological polar surface area (TPSA) is 52.0 Å². The highest BCUT2D eigenvalue weighted by Crippen LogP contribution is 2.39. The molecule has 32 heavy (non-hydrogen) atoms. The molecule has 0 radical (unpaired) electrons. The lowest BCUT2D eigenvalue weighted by atomic mass is 9.73. The maximum absolute atomic E-state index is 6.56. The predicted octanol–water partition coefficient (Wildman–Crippen LogP) is 6.10. The number of para-hydroxylation sites is 1. The van der Waals surface area contributed by atoms with Crippen molar-refractivity contribution >= 4 is 11.0 Å². The molecule has 4 aromatic rings. The molecular formula is C27H32N4O. The molecule has 2 unspecified atom stereocenters. The van der Waals surface area contributed by atoms with Crippen LogP contribution in [0.3, 0.4) is 0 Å². The molecule has 0 bridgehead atoms. The van der Waals surface area contributed by atoms with Crippen molar-refractivity contribution in [1.82, 2.24) is 20.5 Å². The van der Waals surface area contributed by atoms with Crippen molar-refractivity contribution in [3.05, 3.63) is 96.1 Å². The number of nitrogens with zero attached hydrogens (tertiary/aromatic N) is 3. The lowest BCUT2D eigenvalue weighted by Gasteiger charge is -2.41. The minimum absolute atomic E-state index is 0.175. The van der Waals surface area contributed by atoms with Gasteiger partial charge in [-0.2, -0.15) is 5.48 Å². The Morgan fingerprint density at radius 1 is 0.844 bits per heavy atom. The Balaban J connectivity index is 1.78. The summed E-state index contributed by atoms with van der Waals surface area (Å²) in [6, 6.07) is 29.1. The number of hydroxylamine groups is 1. The van der Waals surface area contributed by atoms with Gasteiger partial charge in [0.05, 0.1) is 11.1 Å². The van der Waals surface area contributed by atoms with Gasteiger partial charge in [0.1, 0.15) is 5.52 Å². The summed E-state index contributed by atoms with van der Waals surface area (Å²) < 4.78 is 1.88. The second kappa shape index (κ2) is 9.63. The van der Waals surface area contributed by atoms with E-state index in [1.807, 2.05) is 28.9 Å². The van der Waals surface area contributed by atoms with Crippen LogP contribution >= 0.6 is 0 Å². The molecule has 0 aliphatic rings. The first-order valence-electron chi connectivity index (χ1n) is 11.4. The van der Waals surface area contributed by atoms with Gasteiger partial charge in [-0.25, -0.2) is 4.68 Å². The van der Waals surface area contributed by atoms with Crippen LogP contribution in [0.2, 0.25) is 0 Å². The van der Waals surface area contributed by atoms with Crippen molar-refractivity contribution in [2.24, 2.45) is 11.8 Å². The van der Waals surface area contributed by atoms with Gasteiger partial charge in [0.25, 0.3) is 0 Å². The Hall–Kier alpha value is -3.02.